The van der Waals surface area contributed by atoms with Crippen LogP contribution in [0.25, 0.3) is 0 Å². The Morgan fingerprint density at radius 1 is 1.32 bits per heavy atom. The van der Waals surface area contributed by atoms with E-state index in [1.165, 1.54) is 17.8 Å². The molecule has 0 aliphatic heterocycles. The molecule has 0 aliphatic carbocycles. The Hall–Kier alpha value is -2.47. The van der Waals surface area contributed by atoms with Crippen molar-refractivity contribution in [2.24, 2.45) is 0 Å². The van der Waals surface area contributed by atoms with E-state index in [-0.39, 0.29) is 11.7 Å². The number of likely N-dealkylation sites (N-methyl/N-ethyl adjacent to an activating group) is 1. The lowest BCUT2D eigenvalue weighted by Crippen LogP contribution is -2.27. The number of nitrogens with zero attached hydrogens (tertiary/aromatic N) is 3. The predicted molar refractivity (Wildman–Crippen MR) is 87.0 cm³/mol. The topological polar surface area (TPSA) is 71.3 Å². The van der Waals surface area contributed by atoms with Crippen molar-refractivity contribution < 1.29 is 4.92 Å². The number of pyridine rings is 1. The molecule has 6 nitrogen and oxygen atoms in total. The third kappa shape index (κ3) is 3.79. The zero-order valence-electron chi connectivity index (χ0n) is 13.0. The first-order valence-electron chi connectivity index (χ1n) is 7.05. The minimum atomic E-state index is -0.434. The van der Waals surface area contributed by atoms with Crippen LogP contribution in [-0.2, 0) is 0 Å². The molecule has 116 valence electrons. The van der Waals surface area contributed by atoms with Gasteiger partial charge < -0.3 is 10.2 Å². The van der Waals surface area contributed by atoms with Crippen molar-refractivity contribution in [1.82, 2.24) is 9.88 Å². The van der Waals surface area contributed by atoms with Gasteiger partial charge in [-0.1, -0.05) is 30.3 Å². The number of rotatable bonds is 6. The van der Waals surface area contributed by atoms with Gasteiger partial charge in [0.15, 0.2) is 0 Å². The summed E-state index contributed by atoms with van der Waals surface area (Å²) in [5.74, 6) is 0.674. The van der Waals surface area contributed by atoms with Crippen LogP contribution in [0.15, 0.2) is 42.6 Å². The number of nitro groups is 1. The average Bonchev–Trinajstić information content (AvgIpc) is 2.49. The summed E-state index contributed by atoms with van der Waals surface area (Å²) in [6.07, 6.45) is 1.28. The van der Waals surface area contributed by atoms with Gasteiger partial charge in [-0.2, -0.15) is 0 Å². The Kier molecular flexibility index (Phi) is 5.06. The molecule has 0 bridgehead atoms. The van der Waals surface area contributed by atoms with Gasteiger partial charge in [0.2, 0.25) is 0 Å². The van der Waals surface area contributed by atoms with Gasteiger partial charge in [0.1, 0.15) is 12.0 Å². The molecule has 22 heavy (non-hydrogen) atoms. The van der Waals surface area contributed by atoms with E-state index in [0.29, 0.717) is 12.4 Å². The van der Waals surface area contributed by atoms with Crippen molar-refractivity contribution in [3.8, 4) is 0 Å². The monoisotopic (exact) mass is 300 g/mol. The van der Waals surface area contributed by atoms with Crippen LogP contribution in [0.5, 0.6) is 0 Å². The molecule has 0 amide bonds. The van der Waals surface area contributed by atoms with Crippen LogP contribution in [0.4, 0.5) is 11.5 Å². The molecule has 1 atom stereocenters. The molecule has 0 spiro atoms. The Morgan fingerprint density at radius 3 is 2.55 bits per heavy atom. The van der Waals surface area contributed by atoms with Crippen LogP contribution in [-0.4, -0.2) is 35.4 Å². The second-order valence-corrected chi connectivity index (χ2v) is 5.39. The quantitative estimate of drug-likeness (QED) is 0.656. The molecular weight excluding hydrogens is 280 g/mol. The zero-order valence-corrected chi connectivity index (χ0v) is 13.0. The highest BCUT2D eigenvalue weighted by atomic mass is 16.6. The molecule has 1 aromatic heterocycles. The highest BCUT2D eigenvalue weighted by molar-refractivity contribution is 5.48. The van der Waals surface area contributed by atoms with Crippen molar-refractivity contribution in [3.05, 3.63) is 63.8 Å². The van der Waals surface area contributed by atoms with Crippen molar-refractivity contribution in [2.45, 2.75) is 13.0 Å². The summed E-state index contributed by atoms with van der Waals surface area (Å²) in [5.41, 5.74) is 1.98. The normalized spacial score (nSPS) is 12.2. The molecular formula is C16H20N4O2. The summed E-state index contributed by atoms with van der Waals surface area (Å²) >= 11 is 0. The molecule has 0 fully saturated rings. The van der Waals surface area contributed by atoms with Crippen molar-refractivity contribution in [1.29, 1.82) is 0 Å². The van der Waals surface area contributed by atoms with Crippen LogP contribution in [0.1, 0.15) is 17.2 Å². The summed E-state index contributed by atoms with van der Waals surface area (Å²) in [5, 5.41) is 14.0. The first-order valence-corrected chi connectivity index (χ1v) is 7.05. The molecule has 0 saturated heterocycles. The molecule has 1 heterocycles. The second-order valence-electron chi connectivity index (χ2n) is 5.39. The summed E-state index contributed by atoms with van der Waals surface area (Å²) < 4.78 is 0. The maximum atomic E-state index is 10.7. The zero-order chi connectivity index (χ0) is 16.1. The second kappa shape index (κ2) is 7.00. The van der Waals surface area contributed by atoms with Gasteiger partial charge in [-0.25, -0.2) is 4.98 Å². The fraction of sp³-hybridized carbons (Fsp3) is 0.312. The molecule has 0 radical (unpaired) electrons. The maximum absolute atomic E-state index is 10.7. The largest absolute Gasteiger partial charge is 0.368 e. The Morgan fingerprint density at radius 2 is 2.00 bits per heavy atom. The Labute approximate surface area is 129 Å². The van der Waals surface area contributed by atoms with Crippen LogP contribution >= 0.6 is 0 Å². The number of aryl methyl sites for hydroxylation is 1. The third-order valence-electron chi connectivity index (χ3n) is 3.55. The average molecular weight is 300 g/mol. The highest BCUT2D eigenvalue weighted by Gasteiger charge is 2.15. The number of benzene rings is 1. The number of nitrogens with one attached hydrogen (secondary N) is 1. The fourth-order valence-corrected chi connectivity index (χ4v) is 2.31. The van der Waals surface area contributed by atoms with Crippen LogP contribution < -0.4 is 5.32 Å². The minimum absolute atomic E-state index is 0.00951. The standard InChI is InChI=1S/C16H20N4O2/c1-12-9-14(20(21)22)10-17-16(12)18-11-15(19(2)3)13-7-5-4-6-8-13/h4-10,15H,11H2,1-3H3,(H,17,18). The molecule has 1 aromatic carbocycles. The smallest absolute Gasteiger partial charge is 0.287 e. The lowest BCUT2D eigenvalue weighted by Gasteiger charge is -2.25. The first-order chi connectivity index (χ1) is 10.5. The van der Waals surface area contributed by atoms with Crippen LogP contribution in [0.2, 0.25) is 0 Å². The maximum Gasteiger partial charge on any atom is 0.287 e. The van der Waals surface area contributed by atoms with E-state index in [0.717, 1.165) is 5.56 Å². The SMILES string of the molecule is Cc1cc([N+](=O)[O-])cnc1NCC(c1ccccc1)N(C)C. The van der Waals surface area contributed by atoms with Gasteiger partial charge in [0.05, 0.1) is 11.0 Å². The molecule has 6 heteroatoms. The molecule has 1 unspecified atom stereocenters. The minimum Gasteiger partial charge on any atom is -0.368 e. The van der Waals surface area contributed by atoms with E-state index >= 15 is 0 Å². The van der Waals surface area contributed by atoms with Crippen molar-refractivity contribution in [3.63, 3.8) is 0 Å². The van der Waals surface area contributed by atoms with Gasteiger partial charge >= 0.3 is 0 Å². The Bertz CT molecular complexity index is 644. The van der Waals surface area contributed by atoms with Gasteiger partial charge in [0, 0.05) is 12.6 Å². The van der Waals surface area contributed by atoms with E-state index in [4.69, 9.17) is 0 Å². The number of anilines is 1. The van der Waals surface area contributed by atoms with E-state index in [1.807, 2.05) is 39.2 Å². The van der Waals surface area contributed by atoms with E-state index in [1.54, 1.807) is 0 Å². The summed E-state index contributed by atoms with van der Waals surface area (Å²) in [7, 11) is 4.05. The number of hydrogen-bond donors (Lipinski definition) is 1. The van der Waals surface area contributed by atoms with Crippen molar-refractivity contribution >= 4 is 11.5 Å². The molecule has 0 aliphatic rings. The van der Waals surface area contributed by atoms with Gasteiger partial charge in [0.25, 0.3) is 5.69 Å². The number of hydrogen-bond acceptors (Lipinski definition) is 5. The predicted octanol–water partition coefficient (Wildman–Crippen LogP) is 3.01. The molecule has 2 rings (SSSR count). The fourth-order valence-electron chi connectivity index (χ4n) is 2.31. The van der Waals surface area contributed by atoms with Gasteiger partial charge in [-0.3, -0.25) is 10.1 Å². The summed E-state index contributed by atoms with van der Waals surface area (Å²) in [6, 6.07) is 11.9. The Balaban J connectivity index is 2.12. The highest BCUT2D eigenvalue weighted by Crippen LogP contribution is 2.21. The van der Waals surface area contributed by atoms with Crippen LogP contribution in [0, 0.1) is 17.0 Å². The van der Waals surface area contributed by atoms with Gasteiger partial charge in [-0.05, 0) is 32.1 Å². The molecule has 0 saturated carbocycles. The van der Waals surface area contributed by atoms with E-state index < -0.39 is 4.92 Å². The molecule has 2 aromatic rings. The summed E-state index contributed by atoms with van der Waals surface area (Å²) in [6.45, 7) is 2.48. The lowest BCUT2D eigenvalue weighted by atomic mass is 10.1. The lowest BCUT2D eigenvalue weighted by molar-refractivity contribution is -0.385. The summed E-state index contributed by atoms with van der Waals surface area (Å²) in [4.78, 5) is 16.6. The van der Waals surface area contributed by atoms with E-state index in [2.05, 4.69) is 27.3 Å². The van der Waals surface area contributed by atoms with Gasteiger partial charge in [-0.15, -0.1) is 0 Å². The van der Waals surface area contributed by atoms with E-state index in [9.17, 15) is 10.1 Å². The van der Waals surface area contributed by atoms with Crippen molar-refractivity contribution in [2.75, 3.05) is 26.0 Å². The third-order valence-corrected chi connectivity index (χ3v) is 3.55. The number of aromatic nitrogens is 1. The van der Waals surface area contributed by atoms with Crippen LogP contribution in [0.3, 0.4) is 0 Å². The first kappa shape index (κ1) is 15.9. The molecule has 1 N–H and O–H groups in total.